The highest BCUT2D eigenvalue weighted by molar-refractivity contribution is 8.00. The maximum Gasteiger partial charge on any atom is 0.327 e. The Labute approximate surface area is 123 Å². The van der Waals surface area contributed by atoms with Gasteiger partial charge >= 0.3 is 12.0 Å². The van der Waals surface area contributed by atoms with E-state index in [0.29, 0.717) is 24.8 Å². The molecule has 6 nitrogen and oxygen atoms in total. The van der Waals surface area contributed by atoms with Crippen LogP contribution in [0.15, 0.2) is 0 Å². The Kier molecular flexibility index (Phi) is 5.15. The summed E-state index contributed by atoms with van der Waals surface area (Å²) in [6.45, 7) is 3.64. The van der Waals surface area contributed by atoms with Crippen LogP contribution in [-0.2, 0) is 9.53 Å². The number of carboxylic acids is 1. The molecular weight excluding hydrogens is 280 g/mol. The fourth-order valence-corrected chi connectivity index (χ4v) is 3.31. The number of carbonyl (C=O) groups is 2. The van der Waals surface area contributed by atoms with Crippen molar-refractivity contribution in [3.63, 3.8) is 0 Å². The summed E-state index contributed by atoms with van der Waals surface area (Å²) < 4.78 is 5.51. The van der Waals surface area contributed by atoms with Crippen molar-refractivity contribution >= 4 is 23.8 Å². The molecule has 0 aromatic carbocycles. The fourth-order valence-electron chi connectivity index (χ4n) is 2.15. The average molecular weight is 302 g/mol. The highest BCUT2D eigenvalue weighted by Gasteiger charge is 2.40. The average Bonchev–Trinajstić information content (AvgIpc) is 3.14. The van der Waals surface area contributed by atoms with Crippen LogP contribution >= 0.6 is 11.8 Å². The second-order valence-corrected chi connectivity index (χ2v) is 6.77. The Morgan fingerprint density at radius 3 is 2.75 bits per heavy atom. The molecule has 2 aliphatic rings. The number of likely N-dealkylation sites (N-methyl/N-ethyl adjacent to an activating group) is 1. The third-order valence-electron chi connectivity index (χ3n) is 3.68. The molecule has 2 rings (SSSR count). The van der Waals surface area contributed by atoms with Crippen molar-refractivity contribution < 1.29 is 19.4 Å². The van der Waals surface area contributed by atoms with Gasteiger partial charge in [0.25, 0.3) is 0 Å². The predicted octanol–water partition coefficient (Wildman–Crippen LogP) is 1.31. The van der Waals surface area contributed by atoms with Gasteiger partial charge in [-0.2, -0.15) is 0 Å². The molecule has 2 fully saturated rings. The number of carboxylic acid groups (broad SMARTS) is 1. The van der Waals surface area contributed by atoms with Crippen molar-refractivity contribution in [2.75, 3.05) is 32.6 Å². The van der Waals surface area contributed by atoms with Gasteiger partial charge < -0.3 is 14.7 Å². The van der Waals surface area contributed by atoms with E-state index in [4.69, 9.17) is 9.84 Å². The van der Waals surface area contributed by atoms with Gasteiger partial charge in [-0.05, 0) is 25.7 Å². The quantitative estimate of drug-likeness (QED) is 0.749. The lowest BCUT2D eigenvalue weighted by atomic mass is 10.3. The molecule has 0 aromatic rings. The molecule has 2 atom stereocenters. The van der Waals surface area contributed by atoms with Crippen LogP contribution in [0.1, 0.15) is 19.8 Å². The standard InChI is InChI=1S/C13H22N2O4S/c1-9-15(11(8-20-9)12(16)17)13(18)14(2)5-6-19-7-10-3-4-10/h9-11H,3-8H2,1-2H3,(H,16,17). The molecule has 20 heavy (non-hydrogen) atoms. The van der Waals surface area contributed by atoms with E-state index in [1.807, 2.05) is 6.92 Å². The van der Waals surface area contributed by atoms with E-state index in [-0.39, 0.29) is 11.4 Å². The second-order valence-electron chi connectivity index (χ2n) is 5.42. The third-order valence-corrected chi connectivity index (χ3v) is 4.89. The Morgan fingerprint density at radius 2 is 2.15 bits per heavy atom. The SMILES string of the molecule is CC1SCC(C(=O)O)N1C(=O)N(C)CCOCC1CC1. The number of aliphatic carboxylic acids is 1. The lowest BCUT2D eigenvalue weighted by molar-refractivity contribution is -0.141. The predicted molar refractivity (Wildman–Crippen MR) is 76.8 cm³/mol. The second kappa shape index (κ2) is 6.67. The summed E-state index contributed by atoms with van der Waals surface area (Å²) >= 11 is 1.49. The van der Waals surface area contributed by atoms with E-state index in [1.165, 1.54) is 29.5 Å². The van der Waals surface area contributed by atoms with Crippen LogP contribution in [-0.4, -0.2) is 70.9 Å². The van der Waals surface area contributed by atoms with Crippen molar-refractivity contribution in [1.82, 2.24) is 9.80 Å². The maximum atomic E-state index is 12.3. The summed E-state index contributed by atoms with van der Waals surface area (Å²) in [6.07, 6.45) is 2.50. The zero-order valence-electron chi connectivity index (χ0n) is 11.9. The molecule has 1 saturated carbocycles. The monoisotopic (exact) mass is 302 g/mol. The van der Waals surface area contributed by atoms with Crippen LogP contribution < -0.4 is 0 Å². The van der Waals surface area contributed by atoms with Crippen LogP contribution in [0.5, 0.6) is 0 Å². The van der Waals surface area contributed by atoms with Gasteiger partial charge in [0.2, 0.25) is 0 Å². The van der Waals surface area contributed by atoms with Gasteiger partial charge in [0.05, 0.1) is 12.0 Å². The van der Waals surface area contributed by atoms with Gasteiger partial charge in [0, 0.05) is 26.0 Å². The third kappa shape index (κ3) is 3.79. The minimum atomic E-state index is -0.936. The number of ether oxygens (including phenoxy) is 1. The first-order valence-electron chi connectivity index (χ1n) is 6.96. The summed E-state index contributed by atoms with van der Waals surface area (Å²) in [4.78, 5) is 26.5. The summed E-state index contributed by atoms with van der Waals surface area (Å²) in [5.74, 6) is 0.227. The van der Waals surface area contributed by atoms with E-state index in [9.17, 15) is 9.59 Å². The van der Waals surface area contributed by atoms with Crippen LogP contribution in [0.4, 0.5) is 4.79 Å². The first kappa shape index (κ1) is 15.4. The number of carbonyl (C=O) groups excluding carboxylic acids is 1. The zero-order valence-corrected chi connectivity index (χ0v) is 12.8. The molecule has 0 spiro atoms. The molecule has 1 saturated heterocycles. The molecule has 1 aliphatic carbocycles. The van der Waals surface area contributed by atoms with Gasteiger partial charge in [-0.15, -0.1) is 11.8 Å². The van der Waals surface area contributed by atoms with Crippen molar-refractivity contribution in [2.45, 2.75) is 31.2 Å². The highest BCUT2D eigenvalue weighted by atomic mass is 32.2. The molecule has 0 bridgehead atoms. The molecule has 1 aliphatic heterocycles. The van der Waals surface area contributed by atoms with E-state index in [0.717, 1.165) is 6.61 Å². The van der Waals surface area contributed by atoms with Crippen molar-refractivity contribution in [3.05, 3.63) is 0 Å². The largest absolute Gasteiger partial charge is 0.480 e. The summed E-state index contributed by atoms with van der Waals surface area (Å²) in [6, 6.07) is -0.956. The lowest BCUT2D eigenvalue weighted by Crippen LogP contribution is -2.50. The van der Waals surface area contributed by atoms with Crippen LogP contribution in [0, 0.1) is 5.92 Å². The normalized spacial score (nSPS) is 25.8. The minimum absolute atomic E-state index is 0.0987. The summed E-state index contributed by atoms with van der Waals surface area (Å²) in [5, 5.41) is 9.07. The van der Waals surface area contributed by atoms with E-state index < -0.39 is 12.0 Å². The molecule has 1 heterocycles. The molecule has 2 amide bonds. The van der Waals surface area contributed by atoms with Gasteiger partial charge in [-0.3, -0.25) is 4.90 Å². The topological polar surface area (TPSA) is 70.1 Å². The van der Waals surface area contributed by atoms with Crippen molar-refractivity contribution in [3.8, 4) is 0 Å². The van der Waals surface area contributed by atoms with E-state index in [2.05, 4.69) is 0 Å². The number of nitrogens with zero attached hydrogens (tertiary/aromatic N) is 2. The first-order valence-corrected chi connectivity index (χ1v) is 8.01. The minimum Gasteiger partial charge on any atom is -0.480 e. The number of hydrogen-bond donors (Lipinski definition) is 1. The van der Waals surface area contributed by atoms with Crippen LogP contribution in [0.3, 0.4) is 0 Å². The van der Waals surface area contributed by atoms with Crippen molar-refractivity contribution in [1.29, 1.82) is 0 Å². The smallest absolute Gasteiger partial charge is 0.327 e. The molecule has 1 N–H and O–H groups in total. The molecule has 7 heteroatoms. The van der Waals surface area contributed by atoms with E-state index >= 15 is 0 Å². The van der Waals surface area contributed by atoms with Gasteiger partial charge in [0.15, 0.2) is 0 Å². The van der Waals surface area contributed by atoms with Crippen LogP contribution in [0.2, 0.25) is 0 Å². The number of urea groups is 1. The number of rotatable bonds is 6. The molecule has 114 valence electrons. The summed E-state index contributed by atoms with van der Waals surface area (Å²) in [5.41, 5.74) is 0. The molecule has 2 unspecified atom stereocenters. The number of hydrogen-bond acceptors (Lipinski definition) is 4. The maximum absolute atomic E-state index is 12.3. The highest BCUT2D eigenvalue weighted by Crippen LogP contribution is 2.30. The lowest BCUT2D eigenvalue weighted by Gasteiger charge is -2.30. The molecule has 0 aromatic heterocycles. The zero-order chi connectivity index (χ0) is 14.7. The van der Waals surface area contributed by atoms with Crippen LogP contribution in [0.25, 0.3) is 0 Å². The van der Waals surface area contributed by atoms with Crippen molar-refractivity contribution in [2.24, 2.45) is 5.92 Å². The van der Waals surface area contributed by atoms with E-state index in [1.54, 1.807) is 11.9 Å². The number of amides is 2. The van der Waals surface area contributed by atoms with Gasteiger partial charge in [0.1, 0.15) is 6.04 Å². The Morgan fingerprint density at radius 1 is 1.45 bits per heavy atom. The van der Waals surface area contributed by atoms with Gasteiger partial charge in [-0.1, -0.05) is 0 Å². The fraction of sp³-hybridized carbons (Fsp3) is 0.846. The summed E-state index contributed by atoms with van der Waals surface area (Å²) in [7, 11) is 1.69. The first-order chi connectivity index (χ1) is 9.50. The molecule has 0 radical (unpaired) electrons. The Hall–Kier alpha value is -0.950. The Bertz CT molecular complexity index is 375. The molecular formula is C13H22N2O4S. The van der Waals surface area contributed by atoms with Gasteiger partial charge in [-0.25, -0.2) is 9.59 Å². The number of thioether (sulfide) groups is 1. The Balaban J connectivity index is 1.79.